The lowest BCUT2D eigenvalue weighted by Gasteiger charge is -2.30. The summed E-state index contributed by atoms with van der Waals surface area (Å²) >= 11 is 0. The smallest absolute Gasteiger partial charge is 0.195 e. The maximum atomic E-state index is 13.0. The highest BCUT2D eigenvalue weighted by molar-refractivity contribution is 6.11. The van der Waals surface area contributed by atoms with Crippen molar-refractivity contribution >= 4 is 16.6 Å². The van der Waals surface area contributed by atoms with E-state index in [1.54, 1.807) is 12.4 Å². The number of hydrogen-bond acceptors (Lipinski definition) is 3. The molecule has 1 aromatic carbocycles. The van der Waals surface area contributed by atoms with Gasteiger partial charge in [-0.25, -0.2) is 0 Å². The summed E-state index contributed by atoms with van der Waals surface area (Å²) in [6.45, 7) is 6.47. The van der Waals surface area contributed by atoms with Crippen LogP contribution in [0.4, 0.5) is 0 Å². The van der Waals surface area contributed by atoms with Gasteiger partial charge in [0.05, 0.1) is 0 Å². The summed E-state index contributed by atoms with van der Waals surface area (Å²) in [6.07, 6.45) is 4.84. The zero-order chi connectivity index (χ0) is 14.6. The molecule has 0 saturated heterocycles. The molecule has 0 aliphatic heterocycles. The molecule has 0 aliphatic carbocycles. The van der Waals surface area contributed by atoms with Crippen molar-refractivity contribution in [1.82, 2.24) is 4.98 Å². The predicted molar refractivity (Wildman–Crippen MR) is 81.0 cm³/mol. The molecular weight excluding hydrogens is 250 g/mol. The van der Waals surface area contributed by atoms with E-state index in [1.807, 2.05) is 45.0 Å². The summed E-state index contributed by atoms with van der Waals surface area (Å²) in [6, 6.07) is 7.70. The van der Waals surface area contributed by atoms with Crippen LogP contribution in [-0.4, -0.2) is 23.0 Å². The Hall–Kier alpha value is -1.74. The Morgan fingerprint density at radius 3 is 2.60 bits per heavy atom. The fraction of sp³-hybridized carbons (Fsp3) is 0.412. The summed E-state index contributed by atoms with van der Waals surface area (Å²) in [7, 11) is 0. The number of benzene rings is 1. The molecule has 0 saturated carbocycles. The Morgan fingerprint density at radius 2 is 1.95 bits per heavy atom. The lowest BCUT2D eigenvalue weighted by Crippen LogP contribution is -2.40. The molecule has 0 fully saturated rings. The fourth-order valence-corrected chi connectivity index (χ4v) is 2.67. The molecule has 106 valence electrons. The van der Waals surface area contributed by atoms with Gasteiger partial charge < -0.3 is 4.74 Å². The van der Waals surface area contributed by atoms with Gasteiger partial charge in [0, 0.05) is 30.0 Å². The first-order valence-corrected chi connectivity index (χ1v) is 7.20. The number of nitrogens with zero attached hydrogens (tertiary/aromatic N) is 1. The van der Waals surface area contributed by atoms with Gasteiger partial charge >= 0.3 is 0 Å². The maximum Gasteiger partial charge on any atom is 0.195 e. The van der Waals surface area contributed by atoms with E-state index in [9.17, 15) is 4.79 Å². The van der Waals surface area contributed by atoms with Crippen molar-refractivity contribution in [2.24, 2.45) is 0 Å². The van der Waals surface area contributed by atoms with Crippen LogP contribution >= 0.6 is 0 Å². The van der Waals surface area contributed by atoms with E-state index in [2.05, 4.69) is 4.98 Å². The first-order chi connectivity index (χ1) is 9.68. The summed E-state index contributed by atoms with van der Waals surface area (Å²) in [5, 5.41) is 1.93. The molecule has 0 atom stereocenters. The molecule has 0 unspecified atom stereocenters. The van der Waals surface area contributed by atoms with Crippen molar-refractivity contribution in [3.63, 3.8) is 0 Å². The molecule has 0 bridgehead atoms. The minimum absolute atomic E-state index is 0.0583. The third-order valence-corrected chi connectivity index (χ3v) is 3.90. The molecule has 0 amide bonds. The Balaban J connectivity index is 2.54. The Kier molecular flexibility index (Phi) is 4.50. The standard InChI is InChI=1S/C17H21NO2/c1-4-17(5-2,20-6-3)16(19)14-9-7-8-13-10-11-18-12-15(13)14/h7-12H,4-6H2,1-3H3. The van der Waals surface area contributed by atoms with Gasteiger partial charge in [0.15, 0.2) is 5.78 Å². The first kappa shape index (κ1) is 14.7. The molecule has 1 heterocycles. The SMILES string of the molecule is CCOC(CC)(CC)C(=O)c1cccc2ccncc12. The van der Waals surface area contributed by atoms with Gasteiger partial charge in [-0.1, -0.05) is 32.0 Å². The molecule has 20 heavy (non-hydrogen) atoms. The van der Waals surface area contributed by atoms with E-state index in [0.717, 1.165) is 10.8 Å². The van der Waals surface area contributed by atoms with Crippen molar-refractivity contribution in [2.45, 2.75) is 39.2 Å². The van der Waals surface area contributed by atoms with Crippen LogP contribution in [0.15, 0.2) is 36.7 Å². The van der Waals surface area contributed by atoms with Crippen molar-refractivity contribution in [1.29, 1.82) is 0 Å². The highest BCUT2D eigenvalue weighted by Crippen LogP contribution is 2.29. The number of pyridine rings is 1. The largest absolute Gasteiger partial charge is 0.367 e. The fourth-order valence-electron chi connectivity index (χ4n) is 2.67. The highest BCUT2D eigenvalue weighted by Gasteiger charge is 2.36. The maximum absolute atomic E-state index is 13.0. The third kappa shape index (κ3) is 2.46. The zero-order valence-electron chi connectivity index (χ0n) is 12.3. The monoisotopic (exact) mass is 271 g/mol. The summed E-state index contributed by atoms with van der Waals surface area (Å²) in [5.74, 6) is 0.0583. The number of rotatable bonds is 6. The van der Waals surface area contributed by atoms with Crippen LogP contribution in [-0.2, 0) is 4.74 Å². The molecule has 0 aliphatic rings. The predicted octanol–water partition coefficient (Wildman–Crippen LogP) is 4.01. The number of aromatic nitrogens is 1. The molecule has 0 N–H and O–H groups in total. The number of carbonyl (C=O) groups is 1. The van der Waals surface area contributed by atoms with Gasteiger partial charge in [-0.15, -0.1) is 0 Å². The third-order valence-electron chi connectivity index (χ3n) is 3.90. The second kappa shape index (κ2) is 6.14. The van der Waals surface area contributed by atoms with Crippen LogP contribution in [0.5, 0.6) is 0 Å². The lowest BCUT2D eigenvalue weighted by atomic mass is 9.86. The van der Waals surface area contributed by atoms with Crippen LogP contribution in [0, 0.1) is 0 Å². The van der Waals surface area contributed by atoms with Crippen LogP contribution in [0.25, 0.3) is 10.8 Å². The van der Waals surface area contributed by atoms with E-state index in [1.165, 1.54) is 0 Å². The summed E-state index contributed by atoms with van der Waals surface area (Å²) in [4.78, 5) is 17.1. The van der Waals surface area contributed by atoms with E-state index in [4.69, 9.17) is 4.74 Å². The number of fused-ring (bicyclic) bond motifs is 1. The van der Waals surface area contributed by atoms with Crippen LogP contribution < -0.4 is 0 Å². The Labute approximate surface area is 120 Å². The average Bonchev–Trinajstić information content (AvgIpc) is 2.51. The summed E-state index contributed by atoms with van der Waals surface area (Å²) in [5.41, 5.74) is -0.0217. The normalized spacial score (nSPS) is 11.8. The van der Waals surface area contributed by atoms with Crippen molar-refractivity contribution in [3.8, 4) is 0 Å². The quantitative estimate of drug-likeness (QED) is 0.745. The van der Waals surface area contributed by atoms with Crippen molar-refractivity contribution in [2.75, 3.05) is 6.61 Å². The van der Waals surface area contributed by atoms with E-state index < -0.39 is 5.60 Å². The number of hydrogen-bond donors (Lipinski definition) is 0. The lowest BCUT2D eigenvalue weighted by molar-refractivity contribution is -0.0249. The number of Topliss-reactive ketones (excluding diaryl/α,β-unsaturated/α-hetero) is 1. The van der Waals surface area contributed by atoms with Gasteiger partial charge in [-0.2, -0.15) is 0 Å². The average molecular weight is 271 g/mol. The minimum atomic E-state index is -0.723. The molecule has 3 heteroatoms. The molecule has 2 aromatic rings. The van der Waals surface area contributed by atoms with Crippen LogP contribution in [0.2, 0.25) is 0 Å². The minimum Gasteiger partial charge on any atom is -0.367 e. The zero-order valence-corrected chi connectivity index (χ0v) is 12.3. The number of ether oxygens (including phenoxy) is 1. The molecule has 3 nitrogen and oxygen atoms in total. The van der Waals surface area contributed by atoms with Gasteiger partial charge in [0.1, 0.15) is 5.60 Å². The molecule has 0 radical (unpaired) electrons. The van der Waals surface area contributed by atoms with Gasteiger partial charge in [0.2, 0.25) is 0 Å². The summed E-state index contributed by atoms with van der Waals surface area (Å²) < 4.78 is 5.82. The Morgan fingerprint density at radius 1 is 1.20 bits per heavy atom. The van der Waals surface area contributed by atoms with E-state index >= 15 is 0 Å². The van der Waals surface area contributed by atoms with Crippen molar-refractivity contribution in [3.05, 3.63) is 42.2 Å². The Bertz CT molecular complexity index is 597. The molecule has 0 spiro atoms. The van der Waals surface area contributed by atoms with Crippen LogP contribution in [0.1, 0.15) is 44.0 Å². The number of ketones is 1. The van der Waals surface area contributed by atoms with E-state index in [-0.39, 0.29) is 5.78 Å². The molecule has 1 aromatic heterocycles. The number of carbonyl (C=O) groups excluding carboxylic acids is 1. The first-order valence-electron chi connectivity index (χ1n) is 7.20. The molecular formula is C17H21NO2. The highest BCUT2D eigenvalue weighted by atomic mass is 16.5. The second-order valence-electron chi connectivity index (χ2n) is 4.87. The topological polar surface area (TPSA) is 39.2 Å². The van der Waals surface area contributed by atoms with Gasteiger partial charge in [0.25, 0.3) is 0 Å². The van der Waals surface area contributed by atoms with Gasteiger partial charge in [-0.3, -0.25) is 9.78 Å². The van der Waals surface area contributed by atoms with E-state index in [0.29, 0.717) is 25.0 Å². The van der Waals surface area contributed by atoms with Crippen LogP contribution in [0.3, 0.4) is 0 Å². The molecule has 2 rings (SSSR count). The second-order valence-corrected chi connectivity index (χ2v) is 4.87. The van der Waals surface area contributed by atoms with Gasteiger partial charge in [-0.05, 0) is 31.2 Å². The van der Waals surface area contributed by atoms with Crippen molar-refractivity contribution < 1.29 is 9.53 Å².